The van der Waals surface area contributed by atoms with Gasteiger partial charge in [-0.05, 0) is 18.6 Å². The van der Waals surface area contributed by atoms with Crippen molar-refractivity contribution in [2.75, 3.05) is 33.9 Å². The number of aromatic hydroxyl groups is 2. The molecule has 3 aromatic rings. The average molecular weight is 806 g/mol. The number of phenolic OH excluding ortho intramolecular Hbond substituents is 2. The molecule has 18 nitrogen and oxygen atoms in total. The Hall–Kier alpha value is -5.92. The smallest absolute Gasteiger partial charge is 0.407 e. The molecule has 1 aliphatic heterocycles. The summed E-state index contributed by atoms with van der Waals surface area (Å²) in [5.74, 6) is -5.57. The lowest BCUT2D eigenvalue weighted by atomic mass is 9.72. The Morgan fingerprint density at radius 1 is 0.983 bits per heavy atom. The molecule has 3 amide bonds. The number of carbonyl (C=O) groups is 6. The van der Waals surface area contributed by atoms with Crippen LogP contribution in [-0.2, 0) is 41.6 Å². The largest absolute Gasteiger partial charge is 0.507 e. The summed E-state index contributed by atoms with van der Waals surface area (Å²) in [6, 6.07) is 12.1. The quantitative estimate of drug-likeness (QED) is 0.0964. The second-order valence-electron chi connectivity index (χ2n) is 14.3. The standard InChI is InChI=1S/C40H43N3O15/c1-19-34(48)23(42-27(46)16-43(2)28(47)15-41-39(53)56-18-20-8-5-4-6-9-20)12-29(57-19)58-25-14-40(54,26(45)17-44)13-22-31(25)38(52)33-32(36(22)50)35(49)21-10-7-11-24(55-3)30(21)37(33)51/h4-11,19,23,25,29,34,44,48,50,52,54H,12-18H2,1-3H3,(H,41,53)(H,42,46)/t19-,23-,25-,29-,34+,40-/m1/s1. The molecule has 58 heavy (non-hydrogen) atoms. The molecule has 0 aromatic heterocycles. The molecule has 3 aliphatic rings. The fourth-order valence-corrected chi connectivity index (χ4v) is 7.47. The average Bonchev–Trinajstić information content (AvgIpc) is 3.20. The lowest BCUT2D eigenvalue weighted by molar-refractivity contribution is -0.249. The molecule has 0 unspecified atom stereocenters. The molecule has 1 fully saturated rings. The number of hydrogen-bond donors (Lipinski definition) is 7. The number of ketones is 3. The molecule has 6 rings (SSSR count). The number of benzene rings is 3. The second-order valence-corrected chi connectivity index (χ2v) is 14.3. The van der Waals surface area contributed by atoms with E-state index >= 15 is 0 Å². The van der Waals surface area contributed by atoms with Crippen LogP contribution in [0.2, 0.25) is 0 Å². The lowest BCUT2D eigenvalue weighted by Gasteiger charge is -2.43. The fourth-order valence-electron chi connectivity index (χ4n) is 7.47. The number of carbonyl (C=O) groups excluding carboxylic acids is 6. The highest BCUT2D eigenvalue weighted by atomic mass is 16.7. The number of methoxy groups -OCH3 is 1. The number of nitrogens with zero attached hydrogens (tertiary/aromatic N) is 1. The predicted octanol–water partition coefficient (Wildman–Crippen LogP) is 0.544. The van der Waals surface area contributed by atoms with E-state index in [4.69, 9.17) is 18.9 Å². The van der Waals surface area contributed by atoms with Crippen LogP contribution in [-0.4, -0.2) is 130 Å². The van der Waals surface area contributed by atoms with Gasteiger partial charge in [0.1, 0.15) is 48.7 Å². The first-order valence-electron chi connectivity index (χ1n) is 18.3. The number of Topliss-reactive ketones (excluding diaryl/α,β-unsaturated/α-hetero) is 1. The molecule has 18 heteroatoms. The van der Waals surface area contributed by atoms with Crippen LogP contribution in [0.5, 0.6) is 17.2 Å². The van der Waals surface area contributed by atoms with E-state index in [9.17, 15) is 54.3 Å². The first-order valence-corrected chi connectivity index (χ1v) is 18.3. The molecule has 0 radical (unpaired) electrons. The maximum absolute atomic E-state index is 13.9. The van der Waals surface area contributed by atoms with Crippen LogP contribution in [0.1, 0.15) is 74.4 Å². The molecule has 308 valence electrons. The van der Waals surface area contributed by atoms with Crippen molar-refractivity contribution in [3.05, 3.63) is 87.5 Å². The van der Waals surface area contributed by atoms with Crippen LogP contribution < -0.4 is 15.4 Å². The van der Waals surface area contributed by atoms with Crippen molar-refractivity contribution < 1.29 is 73.2 Å². The summed E-state index contributed by atoms with van der Waals surface area (Å²) in [5, 5.41) is 60.6. The number of likely N-dealkylation sites (N-methyl/N-ethyl adjacent to an activating group) is 1. The Kier molecular flexibility index (Phi) is 12.1. The molecular weight excluding hydrogens is 762 g/mol. The Labute approximate surface area is 331 Å². The van der Waals surface area contributed by atoms with Crippen LogP contribution in [0, 0.1) is 0 Å². The predicted molar refractivity (Wildman–Crippen MR) is 198 cm³/mol. The molecule has 0 saturated carbocycles. The zero-order chi connectivity index (χ0) is 42.1. The van der Waals surface area contributed by atoms with Crippen molar-refractivity contribution >= 4 is 35.3 Å². The molecule has 7 N–H and O–H groups in total. The molecular formula is C40H43N3O15. The summed E-state index contributed by atoms with van der Waals surface area (Å²) in [6.45, 7) is -0.587. The van der Waals surface area contributed by atoms with E-state index in [1.54, 1.807) is 24.3 Å². The molecule has 0 spiro atoms. The fraction of sp³-hybridized carbons (Fsp3) is 0.400. The van der Waals surface area contributed by atoms with Crippen LogP contribution in [0.3, 0.4) is 0 Å². The second kappa shape index (κ2) is 16.9. The Balaban J connectivity index is 1.18. The highest BCUT2D eigenvalue weighted by Crippen LogP contribution is 2.52. The lowest BCUT2D eigenvalue weighted by Crippen LogP contribution is -2.57. The number of ether oxygens (including phenoxy) is 4. The van der Waals surface area contributed by atoms with Gasteiger partial charge in [-0.25, -0.2) is 4.79 Å². The third-order valence-corrected chi connectivity index (χ3v) is 10.5. The number of amides is 3. The van der Waals surface area contributed by atoms with Crippen molar-refractivity contribution in [3.8, 4) is 17.2 Å². The van der Waals surface area contributed by atoms with Crippen LogP contribution in [0.15, 0.2) is 48.5 Å². The minimum atomic E-state index is -2.38. The van der Waals surface area contributed by atoms with Gasteiger partial charge in [-0.2, -0.15) is 0 Å². The number of fused-ring (bicyclic) bond motifs is 3. The van der Waals surface area contributed by atoms with E-state index in [0.29, 0.717) is 0 Å². The minimum absolute atomic E-state index is 0.0124. The molecule has 6 atom stereocenters. The van der Waals surface area contributed by atoms with E-state index in [0.717, 1.165) is 10.5 Å². The van der Waals surface area contributed by atoms with Crippen molar-refractivity contribution in [1.29, 1.82) is 0 Å². The summed E-state index contributed by atoms with van der Waals surface area (Å²) in [7, 11) is 2.62. The highest BCUT2D eigenvalue weighted by Gasteiger charge is 2.50. The SMILES string of the molecule is COc1cccc2c1C(=O)c1c(O)c3c(c(O)c1C2=O)C[C@](O)(C(=O)CO)C[C@H]3O[C@@H]1C[C@@H](NC(=O)CN(C)C(=O)CNC(=O)OCc2ccccc2)[C@@H](O)[C@@H](C)O1. The monoisotopic (exact) mass is 805 g/mol. The van der Waals surface area contributed by atoms with Gasteiger partial charge in [0.2, 0.25) is 17.6 Å². The van der Waals surface area contributed by atoms with E-state index < -0.39 is 127 Å². The Bertz CT molecular complexity index is 2140. The zero-order valence-electron chi connectivity index (χ0n) is 31.7. The summed E-state index contributed by atoms with van der Waals surface area (Å²) in [4.78, 5) is 79.5. The van der Waals surface area contributed by atoms with E-state index in [1.807, 2.05) is 6.07 Å². The summed E-state index contributed by atoms with van der Waals surface area (Å²) in [5.41, 5.74) is -3.53. The van der Waals surface area contributed by atoms with Crippen molar-refractivity contribution in [3.63, 3.8) is 0 Å². The molecule has 1 saturated heterocycles. The Morgan fingerprint density at radius 3 is 2.38 bits per heavy atom. The van der Waals surface area contributed by atoms with Gasteiger partial charge in [0, 0.05) is 43.0 Å². The van der Waals surface area contributed by atoms with Gasteiger partial charge in [-0.3, -0.25) is 24.0 Å². The third-order valence-electron chi connectivity index (χ3n) is 10.5. The number of hydrogen-bond acceptors (Lipinski definition) is 15. The van der Waals surface area contributed by atoms with Crippen LogP contribution in [0.25, 0.3) is 0 Å². The summed E-state index contributed by atoms with van der Waals surface area (Å²) >= 11 is 0. The summed E-state index contributed by atoms with van der Waals surface area (Å²) in [6.07, 6.45) is -7.50. The number of alkyl carbamates (subject to hydrolysis) is 1. The van der Waals surface area contributed by atoms with Crippen LogP contribution >= 0.6 is 0 Å². The number of aliphatic hydroxyl groups is 3. The first kappa shape index (κ1) is 41.7. The summed E-state index contributed by atoms with van der Waals surface area (Å²) < 4.78 is 22.5. The molecule has 0 bridgehead atoms. The van der Waals surface area contributed by atoms with Gasteiger partial charge in [0.05, 0.1) is 48.6 Å². The molecule has 3 aromatic carbocycles. The highest BCUT2D eigenvalue weighted by molar-refractivity contribution is 6.31. The Morgan fingerprint density at radius 2 is 1.69 bits per heavy atom. The van der Waals surface area contributed by atoms with E-state index in [1.165, 1.54) is 39.3 Å². The maximum Gasteiger partial charge on any atom is 0.407 e. The molecule has 2 aliphatic carbocycles. The first-order chi connectivity index (χ1) is 27.6. The topological polar surface area (TPSA) is 268 Å². The normalized spacial score (nSPS) is 23.4. The number of rotatable bonds is 12. The van der Waals surface area contributed by atoms with Crippen molar-refractivity contribution in [2.24, 2.45) is 0 Å². The van der Waals surface area contributed by atoms with Gasteiger partial charge in [0.25, 0.3) is 0 Å². The van der Waals surface area contributed by atoms with E-state index in [-0.39, 0.29) is 41.0 Å². The maximum atomic E-state index is 13.9. The minimum Gasteiger partial charge on any atom is -0.507 e. The van der Waals surface area contributed by atoms with Crippen LogP contribution in [0.4, 0.5) is 4.79 Å². The van der Waals surface area contributed by atoms with Crippen molar-refractivity contribution in [2.45, 2.75) is 69.0 Å². The van der Waals surface area contributed by atoms with Gasteiger partial charge in [-0.15, -0.1) is 0 Å². The van der Waals surface area contributed by atoms with Gasteiger partial charge in [-0.1, -0.05) is 42.5 Å². The van der Waals surface area contributed by atoms with Gasteiger partial charge in [0.15, 0.2) is 17.9 Å². The van der Waals surface area contributed by atoms with Gasteiger partial charge < -0.3 is 60.0 Å². The van der Waals surface area contributed by atoms with Crippen molar-refractivity contribution in [1.82, 2.24) is 15.5 Å². The van der Waals surface area contributed by atoms with Gasteiger partial charge >= 0.3 is 6.09 Å². The van der Waals surface area contributed by atoms with E-state index in [2.05, 4.69) is 10.6 Å². The number of nitrogens with one attached hydrogen (secondary N) is 2. The zero-order valence-corrected chi connectivity index (χ0v) is 31.7. The number of phenols is 2. The number of aliphatic hydroxyl groups excluding tert-OH is 2. The molecule has 1 heterocycles. The third kappa shape index (κ3) is 8.09.